The van der Waals surface area contributed by atoms with E-state index in [4.69, 9.17) is 10.7 Å². The zero-order valence-electron chi connectivity index (χ0n) is 6.92. The van der Waals surface area contributed by atoms with E-state index in [9.17, 15) is 17.2 Å². The van der Waals surface area contributed by atoms with Gasteiger partial charge in [0.15, 0.2) is 4.90 Å². The molecule has 0 unspecified atom stereocenters. The summed E-state index contributed by atoms with van der Waals surface area (Å²) in [6, 6.07) is 1.47. The lowest BCUT2D eigenvalue weighted by molar-refractivity contribution is 0.402. The Kier molecular flexibility index (Phi) is 2.96. The van der Waals surface area contributed by atoms with Crippen LogP contribution in [0, 0.1) is 11.6 Å². The minimum absolute atomic E-state index is 0.121. The number of benzene rings is 1. The molecule has 0 N–H and O–H groups in total. The number of hydrogen-bond donors (Lipinski definition) is 0. The van der Waals surface area contributed by atoms with E-state index >= 15 is 0 Å². The van der Waals surface area contributed by atoms with Gasteiger partial charge in [-0.3, -0.25) is 0 Å². The Labute approximate surface area is 83.7 Å². The van der Waals surface area contributed by atoms with E-state index in [1.807, 2.05) is 0 Å². The highest BCUT2D eigenvalue weighted by Gasteiger charge is 2.22. The molecule has 78 valence electrons. The number of rotatable bonds is 2. The molecule has 1 aromatic rings. The Bertz CT molecular complexity index is 435. The quantitative estimate of drug-likeness (QED) is 0.744. The molecule has 0 fully saturated rings. The molecule has 1 aromatic carbocycles. The van der Waals surface area contributed by atoms with Crippen molar-refractivity contribution < 1.29 is 21.9 Å². The summed E-state index contributed by atoms with van der Waals surface area (Å²) in [7, 11) is 1.59. The van der Waals surface area contributed by atoms with Gasteiger partial charge in [-0.2, -0.15) is 0 Å². The molecule has 0 radical (unpaired) electrons. The van der Waals surface area contributed by atoms with Crippen LogP contribution >= 0.6 is 10.7 Å². The van der Waals surface area contributed by atoms with Gasteiger partial charge in [-0.25, -0.2) is 17.2 Å². The SMILES string of the molecule is COc1cc(F)c(S(=O)(=O)Cl)c(F)c1. The number of hydrogen-bond acceptors (Lipinski definition) is 3. The van der Waals surface area contributed by atoms with E-state index < -0.39 is 25.6 Å². The third kappa shape index (κ3) is 2.13. The Hall–Kier alpha value is -0.880. The first-order chi connectivity index (χ1) is 6.36. The van der Waals surface area contributed by atoms with E-state index in [1.54, 1.807) is 0 Å². The van der Waals surface area contributed by atoms with Gasteiger partial charge >= 0.3 is 0 Å². The fourth-order valence-electron chi connectivity index (χ4n) is 0.887. The molecular weight excluding hydrogens is 238 g/mol. The summed E-state index contributed by atoms with van der Waals surface area (Å²) in [6.07, 6.45) is 0. The van der Waals surface area contributed by atoms with Gasteiger partial charge < -0.3 is 4.74 Å². The molecule has 14 heavy (non-hydrogen) atoms. The van der Waals surface area contributed by atoms with Crippen LogP contribution in [0.15, 0.2) is 17.0 Å². The van der Waals surface area contributed by atoms with Gasteiger partial charge in [0.25, 0.3) is 9.05 Å². The molecule has 3 nitrogen and oxygen atoms in total. The topological polar surface area (TPSA) is 43.4 Å². The van der Waals surface area contributed by atoms with Crippen molar-refractivity contribution in [2.24, 2.45) is 0 Å². The van der Waals surface area contributed by atoms with Gasteiger partial charge in [0.1, 0.15) is 17.4 Å². The van der Waals surface area contributed by atoms with Crippen LogP contribution in [0.5, 0.6) is 5.75 Å². The largest absolute Gasteiger partial charge is 0.497 e. The highest BCUT2D eigenvalue weighted by Crippen LogP contribution is 2.26. The van der Waals surface area contributed by atoms with Crippen molar-refractivity contribution in [3.8, 4) is 5.75 Å². The summed E-state index contributed by atoms with van der Waals surface area (Å²) in [5, 5.41) is 0. The maximum atomic E-state index is 13.0. The minimum Gasteiger partial charge on any atom is -0.497 e. The van der Waals surface area contributed by atoms with Crippen molar-refractivity contribution >= 4 is 19.7 Å². The second-order valence-electron chi connectivity index (χ2n) is 2.36. The smallest absolute Gasteiger partial charge is 0.267 e. The molecule has 7 heteroatoms. The summed E-state index contributed by atoms with van der Waals surface area (Å²) in [6.45, 7) is 0. The molecule has 0 spiro atoms. The number of ether oxygens (including phenoxy) is 1. The summed E-state index contributed by atoms with van der Waals surface area (Å²) in [5.74, 6) is -2.68. The third-order valence-corrected chi connectivity index (χ3v) is 2.79. The maximum absolute atomic E-state index is 13.0. The van der Waals surface area contributed by atoms with Gasteiger partial charge in [-0.05, 0) is 0 Å². The van der Waals surface area contributed by atoms with Gasteiger partial charge in [-0.15, -0.1) is 0 Å². The molecule has 0 bridgehead atoms. The van der Waals surface area contributed by atoms with Crippen molar-refractivity contribution in [3.63, 3.8) is 0 Å². The fourth-order valence-corrected chi connectivity index (χ4v) is 1.91. The molecule has 0 saturated heterocycles. The van der Waals surface area contributed by atoms with Crippen molar-refractivity contribution in [2.75, 3.05) is 7.11 Å². The van der Waals surface area contributed by atoms with Crippen LogP contribution in [0.2, 0.25) is 0 Å². The minimum atomic E-state index is -4.42. The van der Waals surface area contributed by atoms with Crippen LogP contribution in [0.4, 0.5) is 8.78 Å². The first kappa shape index (κ1) is 11.2. The summed E-state index contributed by atoms with van der Waals surface area (Å²) in [5.41, 5.74) is 0. The molecule has 0 atom stereocenters. The molecule has 0 aliphatic heterocycles. The summed E-state index contributed by atoms with van der Waals surface area (Å²) in [4.78, 5) is -1.17. The summed E-state index contributed by atoms with van der Waals surface area (Å²) < 4.78 is 52.0. The number of methoxy groups -OCH3 is 1. The molecular formula is C7H5ClF2O3S. The van der Waals surface area contributed by atoms with Crippen LogP contribution in [-0.4, -0.2) is 15.5 Å². The average Bonchev–Trinajstić information content (AvgIpc) is 1.99. The summed E-state index contributed by atoms with van der Waals surface area (Å²) >= 11 is 0. The molecule has 0 amide bonds. The molecule has 0 saturated carbocycles. The van der Waals surface area contributed by atoms with E-state index in [0.29, 0.717) is 0 Å². The van der Waals surface area contributed by atoms with Crippen LogP contribution in [0.3, 0.4) is 0 Å². The molecule has 0 aliphatic carbocycles. The standard InChI is InChI=1S/C7H5ClF2O3S/c1-13-4-2-5(9)7(6(10)3-4)14(8,11)12/h2-3H,1H3. The third-order valence-electron chi connectivity index (χ3n) is 1.45. The van der Waals surface area contributed by atoms with Gasteiger partial charge in [0.05, 0.1) is 7.11 Å². The lowest BCUT2D eigenvalue weighted by Crippen LogP contribution is -2.00. The van der Waals surface area contributed by atoms with Gasteiger partial charge in [0.2, 0.25) is 0 Å². The second kappa shape index (κ2) is 3.70. The lowest BCUT2D eigenvalue weighted by Gasteiger charge is -2.04. The molecule has 0 aromatic heterocycles. The van der Waals surface area contributed by atoms with Crippen LogP contribution in [-0.2, 0) is 9.05 Å². The Balaban J connectivity index is 3.48. The van der Waals surface area contributed by atoms with Gasteiger partial charge in [0, 0.05) is 22.8 Å². The van der Waals surface area contributed by atoms with E-state index in [0.717, 1.165) is 12.1 Å². The van der Waals surface area contributed by atoms with Crippen LogP contribution in [0.1, 0.15) is 0 Å². The highest BCUT2D eigenvalue weighted by atomic mass is 35.7. The average molecular weight is 243 g/mol. The highest BCUT2D eigenvalue weighted by molar-refractivity contribution is 8.13. The monoisotopic (exact) mass is 242 g/mol. The Morgan fingerprint density at radius 1 is 1.29 bits per heavy atom. The van der Waals surface area contributed by atoms with Crippen molar-refractivity contribution in [1.82, 2.24) is 0 Å². The zero-order valence-corrected chi connectivity index (χ0v) is 8.49. The van der Waals surface area contributed by atoms with Crippen LogP contribution < -0.4 is 4.74 Å². The lowest BCUT2D eigenvalue weighted by atomic mass is 10.3. The van der Waals surface area contributed by atoms with Crippen molar-refractivity contribution in [3.05, 3.63) is 23.8 Å². The predicted molar refractivity (Wildman–Crippen MR) is 45.9 cm³/mol. The normalized spacial score (nSPS) is 11.4. The Morgan fingerprint density at radius 3 is 2.00 bits per heavy atom. The fraction of sp³-hybridized carbons (Fsp3) is 0.143. The first-order valence-electron chi connectivity index (χ1n) is 3.34. The van der Waals surface area contributed by atoms with Crippen molar-refractivity contribution in [1.29, 1.82) is 0 Å². The molecule has 0 heterocycles. The molecule has 1 rings (SSSR count). The van der Waals surface area contributed by atoms with E-state index in [2.05, 4.69) is 4.74 Å². The van der Waals surface area contributed by atoms with E-state index in [-0.39, 0.29) is 5.75 Å². The van der Waals surface area contributed by atoms with E-state index in [1.165, 1.54) is 7.11 Å². The maximum Gasteiger partial charge on any atom is 0.267 e. The van der Waals surface area contributed by atoms with Crippen molar-refractivity contribution in [2.45, 2.75) is 4.90 Å². The zero-order chi connectivity index (χ0) is 10.9. The number of halogens is 3. The Morgan fingerprint density at radius 2 is 1.71 bits per heavy atom. The first-order valence-corrected chi connectivity index (χ1v) is 5.65. The van der Waals surface area contributed by atoms with Crippen LogP contribution in [0.25, 0.3) is 0 Å². The molecule has 0 aliphatic rings. The predicted octanol–water partition coefficient (Wildman–Crippen LogP) is 1.90. The second-order valence-corrected chi connectivity index (χ2v) is 4.86. The van der Waals surface area contributed by atoms with Gasteiger partial charge in [-0.1, -0.05) is 0 Å².